The molecule has 1 aromatic heterocycles. The van der Waals surface area contributed by atoms with Crippen molar-refractivity contribution in [2.75, 3.05) is 19.9 Å². The molecule has 4 rings (SSSR count). The number of carbonyl (C=O) groups is 1. The van der Waals surface area contributed by atoms with Crippen molar-refractivity contribution < 1.29 is 14.3 Å². The van der Waals surface area contributed by atoms with Gasteiger partial charge in [0.15, 0.2) is 11.5 Å². The van der Waals surface area contributed by atoms with Crippen LogP contribution in [0, 0.1) is 5.41 Å². The van der Waals surface area contributed by atoms with Crippen LogP contribution < -0.4 is 15.2 Å². The lowest BCUT2D eigenvalue weighted by molar-refractivity contribution is -0.135. The summed E-state index contributed by atoms with van der Waals surface area (Å²) >= 11 is 0. The summed E-state index contributed by atoms with van der Waals surface area (Å²) in [6.45, 7) is 3.92. The summed E-state index contributed by atoms with van der Waals surface area (Å²) in [5.41, 5.74) is 0.770. The standard InChI is InChI=1S/C20H23N3O4/c1-20(11-15-4-5-16-17(10-15)27-14-26-16)6-2-8-23(13-20)18(24)12-22-9-3-7-21-19(22)25/h3-5,7,9-10H,2,6,8,11-14H2,1H3/t20-/m0/s1. The van der Waals surface area contributed by atoms with Crippen LogP contribution in [-0.4, -0.2) is 40.2 Å². The summed E-state index contributed by atoms with van der Waals surface area (Å²) in [6.07, 6.45) is 5.91. The summed E-state index contributed by atoms with van der Waals surface area (Å²) in [5.74, 6) is 1.53. The minimum atomic E-state index is -0.397. The predicted octanol–water partition coefficient (Wildman–Crippen LogP) is 1.84. The number of nitrogens with zero attached hydrogens (tertiary/aromatic N) is 3. The quantitative estimate of drug-likeness (QED) is 0.822. The molecular weight excluding hydrogens is 346 g/mol. The molecule has 142 valence electrons. The van der Waals surface area contributed by atoms with Crippen molar-refractivity contribution in [1.29, 1.82) is 0 Å². The lowest BCUT2D eigenvalue weighted by Gasteiger charge is -2.41. The van der Waals surface area contributed by atoms with E-state index in [0.717, 1.165) is 37.3 Å². The van der Waals surface area contributed by atoms with Gasteiger partial charge in [-0.2, -0.15) is 0 Å². The Bertz CT molecular complexity index is 910. The van der Waals surface area contributed by atoms with Gasteiger partial charge in [-0.3, -0.25) is 9.36 Å². The SMILES string of the molecule is C[C@@]1(Cc2ccc3c(c2)OCO3)CCCN(C(=O)Cn2cccnc2=O)C1. The van der Waals surface area contributed by atoms with E-state index in [9.17, 15) is 9.59 Å². The number of hydrogen-bond acceptors (Lipinski definition) is 5. The number of carbonyl (C=O) groups excluding carboxylic acids is 1. The van der Waals surface area contributed by atoms with Gasteiger partial charge in [0.25, 0.3) is 0 Å². The molecule has 1 amide bonds. The fourth-order valence-electron chi connectivity index (χ4n) is 3.97. The van der Waals surface area contributed by atoms with Gasteiger partial charge in [0.2, 0.25) is 12.7 Å². The first kappa shape index (κ1) is 17.6. The molecule has 7 nitrogen and oxygen atoms in total. The van der Waals surface area contributed by atoms with Crippen molar-refractivity contribution >= 4 is 5.91 Å². The molecule has 2 aromatic rings. The molecule has 1 saturated heterocycles. The van der Waals surface area contributed by atoms with E-state index in [1.54, 1.807) is 12.3 Å². The van der Waals surface area contributed by atoms with E-state index in [1.807, 2.05) is 17.0 Å². The number of likely N-dealkylation sites (tertiary alicyclic amines) is 1. The van der Waals surface area contributed by atoms with Crippen LogP contribution in [0.15, 0.2) is 41.5 Å². The van der Waals surface area contributed by atoms with Crippen LogP contribution in [0.3, 0.4) is 0 Å². The van der Waals surface area contributed by atoms with E-state index >= 15 is 0 Å². The zero-order valence-corrected chi connectivity index (χ0v) is 15.4. The van der Waals surface area contributed by atoms with Gasteiger partial charge in [0.1, 0.15) is 6.54 Å². The zero-order chi connectivity index (χ0) is 18.9. The predicted molar refractivity (Wildman–Crippen MR) is 98.7 cm³/mol. The third-order valence-electron chi connectivity index (χ3n) is 5.29. The summed E-state index contributed by atoms with van der Waals surface area (Å²) in [4.78, 5) is 30.0. The summed E-state index contributed by atoms with van der Waals surface area (Å²) < 4.78 is 12.2. The van der Waals surface area contributed by atoms with E-state index in [0.29, 0.717) is 6.54 Å². The second-order valence-electron chi connectivity index (χ2n) is 7.62. The summed E-state index contributed by atoms with van der Waals surface area (Å²) in [5, 5.41) is 0. The molecule has 1 atom stereocenters. The summed E-state index contributed by atoms with van der Waals surface area (Å²) in [6, 6.07) is 7.70. The molecular formula is C20H23N3O4. The smallest absolute Gasteiger partial charge is 0.347 e. The van der Waals surface area contributed by atoms with E-state index in [2.05, 4.69) is 18.0 Å². The largest absolute Gasteiger partial charge is 0.454 e. The second-order valence-corrected chi connectivity index (χ2v) is 7.62. The Morgan fingerprint density at radius 2 is 2.15 bits per heavy atom. The molecule has 0 radical (unpaired) electrons. The number of hydrogen-bond donors (Lipinski definition) is 0. The van der Waals surface area contributed by atoms with Gasteiger partial charge in [-0.15, -0.1) is 0 Å². The van der Waals surface area contributed by atoms with Crippen molar-refractivity contribution in [1.82, 2.24) is 14.5 Å². The maximum absolute atomic E-state index is 12.7. The molecule has 7 heteroatoms. The molecule has 0 unspecified atom stereocenters. The molecule has 27 heavy (non-hydrogen) atoms. The van der Waals surface area contributed by atoms with Gasteiger partial charge < -0.3 is 14.4 Å². The maximum atomic E-state index is 12.7. The molecule has 0 saturated carbocycles. The third-order valence-corrected chi connectivity index (χ3v) is 5.29. The minimum absolute atomic E-state index is 0.0124. The Labute approximate surface area is 157 Å². The average Bonchev–Trinajstić information content (AvgIpc) is 3.11. The molecule has 2 aliphatic rings. The van der Waals surface area contributed by atoms with E-state index in [1.165, 1.54) is 16.3 Å². The van der Waals surface area contributed by atoms with Gasteiger partial charge in [0.05, 0.1) is 0 Å². The topological polar surface area (TPSA) is 73.7 Å². The van der Waals surface area contributed by atoms with Crippen LogP contribution in [0.25, 0.3) is 0 Å². The van der Waals surface area contributed by atoms with Crippen molar-refractivity contribution in [2.45, 2.75) is 32.7 Å². The first-order valence-electron chi connectivity index (χ1n) is 9.20. The second kappa shape index (κ2) is 7.06. The number of rotatable bonds is 4. The van der Waals surface area contributed by atoms with Gasteiger partial charge >= 0.3 is 5.69 Å². The van der Waals surface area contributed by atoms with Crippen LogP contribution >= 0.6 is 0 Å². The van der Waals surface area contributed by atoms with Crippen LogP contribution in [0.5, 0.6) is 11.5 Å². The lowest BCUT2D eigenvalue weighted by Crippen LogP contribution is -2.47. The van der Waals surface area contributed by atoms with E-state index in [-0.39, 0.29) is 24.7 Å². The minimum Gasteiger partial charge on any atom is -0.454 e. The highest BCUT2D eigenvalue weighted by atomic mass is 16.7. The molecule has 0 aliphatic carbocycles. The molecule has 0 bridgehead atoms. The number of benzene rings is 1. The van der Waals surface area contributed by atoms with Crippen LogP contribution in [0.4, 0.5) is 0 Å². The van der Waals surface area contributed by atoms with Crippen LogP contribution in [-0.2, 0) is 17.8 Å². The molecule has 3 heterocycles. The van der Waals surface area contributed by atoms with Gasteiger partial charge in [-0.25, -0.2) is 9.78 Å². The number of aromatic nitrogens is 2. The van der Waals surface area contributed by atoms with Gasteiger partial charge in [0, 0.05) is 25.5 Å². The van der Waals surface area contributed by atoms with Crippen molar-refractivity contribution in [2.24, 2.45) is 5.41 Å². The van der Waals surface area contributed by atoms with Crippen LogP contribution in [0.1, 0.15) is 25.3 Å². The van der Waals surface area contributed by atoms with Crippen molar-refractivity contribution in [3.63, 3.8) is 0 Å². The molecule has 1 fully saturated rings. The highest BCUT2D eigenvalue weighted by Gasteiger charge is 2.33. The molecule has 1 aromatic carbocycles. The monoisotopic (exact) mass is 369 g/mol. The van der Waals surface area contributed by atoms with Gasteiger partial charge in [-0.1, -0.05) is 13.0 Å². The Kier molecular flexibility index (Phi) is 4.59. The molecule has 0 spiro atoms. The normalized spacial score (nSPS) is 21.3. The lowest BCUT2D eigenvalue weighted by atomic mass is 9.77. The van der Waals surface area contributed by atoms with E-state index in [4.69, 9.17) is 9.47 Å². The molecule has 2 aliphatic heterocycles. The van der Waals surface area contributed by atoms with Crippen molar-refractivity contribution in [3.05, 3.63) is 52.7 Å². The average molecular weight is 369 g/mol. The Morgan fingerprint density at radius 1 is 1.30 bits per heavy atom. The maximum Gasteiger partial charge on any atom is 0.347 e. The third kappa shape index (κ3) is 3.82. The first-order valence-corrected chi connectivity index (χ1v) is 9.20. The first-order chi connectivity index (χ1) is 13.0. The number of piperidine rings is 1. The van der Waals surface area contributed by atoms with E-state index < -0.39 is 5.69 Å². The Balaban J connectivity index is 1.44. The highest BCUT2D eigenvalue weighted by molar-refractivity contribution is 5.76. The number of fused-ring (bicyclic) bond motifs is 1. The van der Waals surface area contributed by atoms with Crippen LogP contribution in [0.2, 0.25) is 0 Å². The fraction of sp³-hybridized carbons (Fsp3) is 0.450. The highest BCUT2D eigenvalue weighted by Crippen LogP contribution is 2.37. The Hall–Kier alpha value is -2.83. The number of amides is 1. The fourth-order valence-corrected chi connectivity index (χ4v) is 3.97. The Morgan fingerprint density at radius 3 is 3.00 bits per heavy atom. The number of ether oxygens (including phenoxy) is 2. The van der Waals surface area contributed by atoms with Gasteiger partial charge in [-0.05, 0) is 48.4 Å². The zero-order valence-electron chi connectivity index (χ0n) is 15.4. The molecule has 0 N–H and O–H groups in total. The van der Waals surface area contributed by atoms with Crippen molar-refractivity contribution in [3.8, 4) is 11.5 Å². The summed E-state index contributed by atoms with van der Waals surface area (Å²) in [7, 11) is 0.